The summed E-state index contributed by atoms with van der Waals surface area (Å²) in [6.45, 7) is 5.13. The number of nitrogens with two attached hydrogens (primary N) is 1. The highest BCUT2D eigenvalue weighted by Gasteiger charge is 2.06. The quantitative estimate of drug-likeness (QED) is 0.143. The lowest BCUT2D eigenvalue weighted by Gasteiger charge is -2.12. The minimum Gasteiger partial charge on any atom is -0.381 e. The molecular formula is C28H29Br2ClN6O2. The zero-order valence-electron chi connectivity index (χ0n) is 21.5. The molecule has 0 unspecified atom stereocenters. The fourth-order valence-electron chi connectivity index (χ4n) is 3.27. The summed E-state index contributed by atoms with van der Waals surface area (Å²) in [5, 5.41) is 12.3. The number of imidazole rings is 1. The minimum atomic E-state index is -0.221. The molecule has 0 saturated heterocycles. The maximum Gasteiger partial charge on any atom is 0.170 e. The van der Waals surface area contributed by atoms with Crippen molar-refractivity contribution in [1.82, 2.24) is 24.8 Å². The first-order valence-electron chi connectivity index (χ1n) is 12.1. The van der Waals surface area contributed by atoms with Crippen molar-refractivity contribution in [2.45, 2.75) is 20.1 Å². The summed E-state index contributed by atoms with van der Waals surface area (Å²) < 4.78 is 13.6. The molecule has 3 heterocycles. The number of ether oxygens (including phenoxy) is 2. The summed E-state index contributed by atoms with van der Waals surface area (Å²) >= 11 is 12.3. The number of hydrogen-bond donors (Lipinski definition) is 1. The number of alkyl halides is 1. The summed E-state index contributed by atoms with van der Waals surface area (Å²) in [4.78, 5) is 4.21. The van der Waals surface area contributed by atoms with E-state index in [9.17, 15) is 0 Å². The highest BCUT2D eigenvalue weighted by atomic mass is 79.9. The Labute approximate surface area is 249 Å². The second-order valence-electron chi connectivity index (χ2n) is 7.76. The van der Waals surface area contributed by atoms with E-state index < -0.39 is 0 Å². The monoisotopic (exact) mass is 674 g/mol. The first-order valence-corrected chi connectivity index (χ1v) is 14.3. The van der Waals surface area contributed by atoms with E-state index in [1.165, 1.54) is 0 Å². The molecule has 5 rings (SSSR count). The Hall–Kier alpha value is -2.89. The van der Waals surface area contributed by atoms with E-state index in [2.05, 4.69) is 52.1 Å². The van der Waals surface area contributed by atoms with Gasteiger partial charge in [-0.2, -0.15) is 5.10 Å². The lowest BCUT2D eigenvalue weighted by Crippen LogP contribution is -2.18. The summed E-state index contributed by atoms with van der Waals surface area (Å²) in [5.41, 5.74) is 10.2. The largest absolute Gasteiger partial charge is 0.381 e. The summed E-state index contributed by atoms with van der Waals surface area (Å²) in [5.74, 6) is 0.812. The first-order chi connectivity index (χ1) is 19.0. The van der Waals surface area contributed by atoms with Gasteiger partial charge in [0.15, 0.2) is 17.8 Å². The number of rotatable bonds is 7. The average molecular weight is 677 g/mol. The van der Waals surface area contributed by atoms with E-state index in [0.717, 1.165) is 37.1 Å². The fourth-order valence-corrected chi connectivity index (χ4v) is 4.24. The molecule has 0 atom stereocenters. The molecule has 0 fully saturated rings. The third-order valence-electron chi connectivity index (χ3n) is 5.06. The van der Waals surface area contributed by atoms with Crippen LogP contribution in [0, 0.1) is 0 Å². The molecule has 11 heteroatoms. The summed E-state index contributed by atoms with van der Waals surface area (Å²) in [7, 11) is 0. The van der Waals surface area contributed by atoms with Gasteiger partial charge in [0.2, 0.25) is 0 Å². The maximum atomic E-state index is 5.55. The van der Waals surface area contributed by atoms with Crippen molar-refractivity contribution >= 4 is 54.9 Å². The Morgan fingerprint density at radius 2 is 1.41 bits per heavy atom. The van der Waals surface area contributed by atoms with Gasteiger partial charge in [0.05, 0.1) is 26.2 Å². The van der Waals surface area contributed by atoms with Crippen molar-refractivity contribution in [3.8, 4) is 22.5 Å². The molecule has 0 aliphatic rings. The van der Waals surface area contributed by atoms with Gasteiger partial charge in [-0.15, -0.1) is 21.8 Å². The fraction of sp³-hybridized carbons (Fsp3) is 0.214. The molecule has 204 valence electrons. The average Bonchev–Trinajstić information content (AvgIpc) is 3.46. The van der Waals surface area contributed by atoms with Crippen molar-refractivity contribution < 1.29 is 9.47 Å². The van der Waals surface area contributed by atoms with E-state index in [1.807, 2.05) is 92.8 Å². The van der Waals surface area contributed by atoms with Crippen LogP contribution >= 0.6 is 43.5 Å². The number of halogens is 3. The third kappa shape index (κ3) is 9.36. The molecule has 0 radical (unpaired) electrons. The van der Waals surface area contributed by atoms with E-state index >= 15 is 0 Å². The molecular weight excluding hydrogens is 648 g/mol. The van der Waals surface area contributed by atoms with Gasteiger partial charge >= 0.3 is 0 Å². The number of hydrogen-bond acceptors (Lipinski definition) is 7. The second-order valence-corrected chi connectivity index (χ2v) is 9.78. The molecule has 2 aromatic carbocycles. The van der Waals surface area contributed by atoms with Crippen LogP contribution in [0.5, 0.6) is 0 Å². The van der Waals surface area contributed by atoms with Crippen LogP contribution in [-0.2, 0) is 9.47 Å². The second kappa shape index (κ2) is 16.3. The molecule has 0 saturated carbocycles. The Balaban J connectivity index is 0.000000169. The Morgan fingerprint density at radius 1 is 0.846 bits per heavy atom. The SMILES string of the molecule is Brc1cc(-c2ccccc2)nn2ccnc12.CCOC(CCl)OCC.Nc1nnc(-c2ccccc2)cc1Br. The van der Waals surface area contributed by atoms with Crippen LogP contribution in [0.1, 0.15) is 13.8 Å². The van der Waals surface area contributed by atoms with Crippen LogP contribution in [0.25, 0.3) is 28.2 Å². The first kappa shape index (κ1) is 30.6. The number of benzene rings is 2. The topological polar surface area (TPSA) is 100 Å². The molecule has 0 amide bonds. The Morgan fingerprint density at radius 3 is 1.95 bits per heavy atom. The Kier molecular flexibility index (Phi) is 12.8. The summed E-state index contributed by atoms with van der Waals surface area (Å²) in [6, 6.07) is 23.8. The molecule has 0 aliphatic carbocycles. The molecule has 39 heavy (non-hydrogen) atoms. The number of anilines is 1. The lowest BCUT2D eigenvalue weighted by molar-refractivity contribution is -0.120. The number of aromatic nitrogens is 5. The van der Waals surface area contributed by atoms with Gasteiger partial charge in [-0.3, -0.25) is 0 Å². The molecule has 0 bridgehead atoms. The van der Waals surface area contributed by atoms with E-state index in [0.29, 0.717) is 24.9 Å². The molecule has 2 N–H and O–H groups in total. The van der Waals surface area contributed by atoms with Crippen molar-refractivity contribution in [2.24, 2.45) is 0 Å². The molecule has 8 nitrogen and oxygen atoms in total. The van der Waals surface area contributed by atoms with Gasteiger partial charge in [0.25, 0.3) is 0 Å². The van der Waals surface area contributed by atoms with Gasteiger partial charge in [-0.1, -0.05) is 60.7 Å². The molecule has 3 aromatic heterocycles. The van der Waals surface area contributed by atoms with Gasteiger partial charge in [0.1, 0.15) is 0 Å². The van der Waals surface area contributed by atoms with Gasteiger partial charge in [-0.05, 0) is 57.8 Å². The van der Waals surface area contributed by atoms with Crippen LogP contribution in [-0.4, -0.2) is 50.2 Å². The van der Waals surface area contributed by atoms with Crippen LogP contribution in [0.15, 0.2) is 94.1 Å². The molecule has 5 aromatic rings. The third-order valence-corrected chi connectivity index (χ3v) is 6.53. The number of fused-ring (bicyclic) bond motifs is 1. The zero-order valence-corrected chi connectivity index (χ0v) is 25.5. The van der Waals surface area contributed by atoms with Crippen molar-refractivity contribution in [3.05, 3.63) is 94.1 Å². The summed E-state index contributed by atoms with van der Waals surface area (Å²) in [6.07, 6.45) is 3.36. The van der Waals surface area contributed by atoms with Gasteiger partial charge in [-0.25, -0.2) is 9.50 Å². The van der Waals surface area contributed by atoms with E-state index in [1.54, 1.807) is 10.7 Å². The molecule has 0 spiro atoms. The van der Waals surface area contributed by atoms with Crippen molar-refractivity contribution in [1.29, 1.82) is 0 Å². The Bertz CT molecular complexity index is 1420. The highest BCUT2D eigenvalue weighted by molar-refractivity contribution is 9.11. The number of nitrogens with zero attached hydrogens (tertiary/aromatic N) is 5. The van der Waals surface area contributed by atoms with Crippen molar-refractivity contribution in [2.75, 3.05) is 24.8 Å². The smallest absolute Gasteiger partial charge is 0.170 e. The van der Waals surface area contributed by atoms with Gasteiger partial charge in [0, 0.05) is 36.7 Å². The lowest BCUT2D eigenvalue weighted by atomic mass is 10.1. The van der Waals surface area contributed by atoms with Crippen LogP contribution < -0.4 is 5.73 Å². The standard InChI is InChI=1S/C12H8BrN3.C10H8BrN3.C6H13ClO2/c13-10-8-11(9-4-2-1-3-5-9)15-16-7-6-14-12(10)16;11-8-6-9(13-14-10(8)12)7-4-2-1-3-5-7;1-3-8-6(5-7)9-4-2/h1-8H;1-6H,(H2,12,14);6H,3-5H2,1-2H3. The predicted octanol–water partition coefficient (Wildman–Crippen LogP) is 7.27. The van der Waals surface area contributed by atoms with E-state index in [-0.39, 0.29) is 6.29 Å². The zero-order chi connectivity index (χ0) is 28.0. The minimum absolute atomic E-state index is 0.221. The van der Waals surface area contributed by atoms with Crippen molar-refractivity contribution in [3.63, 3.8) is 0 Å². The normalized spacial score (nSPS) is 10.5. The van der Waals surface area contributed by atoms with E-state index in [4.69, 9.17) is 26.8 Å². The van der Waals surface area contributed by atoms with Crippen LogP contribution in [0.3, 0.4) is 0 Å². The maximum absolute atomic E-state index is 5.55. The number of nitrogen functional groups attached to an aromatic ring is 1. The highest BCUT2D eigenvalue weighted by Crippen LogP contribution is 2.24. The van der Waals surface area contributed by atoms with Crippen LogP contribution in [0.2, 0.25) is 0 Å². The van der Waals surface area contributed by atoms with Crippen LogP contribution in [0.4, 0.5) is 5.82 Å². The molecule has 0 aliphatic heterocycles. The van der Waals surface area contributed by atoms with Gasteiger partial charge < -0.3 is 15.2 Å². The predicted molar refractivity (Wildman–Crippen MR) is 163 cm³/mol.